The quantitative estimate of drug-likeness (QED) is 0.334. The molecule has 2 rings (SSSR count). The van der Waals surface area contributed by atoms with Crippen LogP contribution in [0.15, 0.2) is 0 Å². The van der Waals surface area contributed by atoms with Crippen LogP contribution in [0.5, 0.6) is 0 Å². The number of hydroxylamine groups is 2. The molecule has 0 spiro atoms. The van der Waals surface area contributed by atoms with Gasteiger partial charge in [-0.2, -0.15) is 0 Å². The van der Waals surface area contributed by atoms with Gasteiger partial charge in [0.05, 0.1) is 12.5 Å². The number of hydrogen-bond acceptors (Lipinski definition) is 10. The van der Waals surface area contributed by atoms with Gasteiger partial charge in [0.15, 0.2) is 0 Å². The molecule has 0 radical (unpaired) electrons. The Morgan fingerprint density at radius 1 is 1.00 bits per heavy atom. The SMILES string of the molecule is CC(=O)OCC1O[C@H](CCN(C)CCC(=O)ON2C(=O)CCC2=O)C(C)[C@@H](C)[C@H]1OC(C)=O. The van der Waals surface area contributed by atoms with E-state index < -0.39 is 41.9 Å². The molecule has 11 heteroatoms. The summed E-state index contributed by atoms with van der Waals surface area (Å²) in [5.74, 6) is -2.45. The summed E-state index contributed by atoms with van der Waals surface area (Å²) in [7, 11) is 1.84. The van der Waals surface area contributed by atoms with Crippen molar-refractivity contribution in [1.29, 1.82) is 0 Å². The Hall–Kier alpha value is -2.53. The molecule has 11 nitrogen and oxygen atoms in total. The van der Waals surface area contributed by atoms with Crippen LogP contribution in [0.25, 0.3) is 0 Å². The van der Waals surface area contributed by atoms with E-state index in [4.69, 9.17) is 19.0 Å². The maximum absolute atomic E-state index is 12.0. The van der Waals surface area contributed by atoms with E-state index in [9.17, 15) is 24.0 Å². The van der Waals surface area contributed by atoms with Gasteiger partial charge >= 0.3 is 17.9 Å². The summed E-state index contributed by atoms with van der Waals surface area (Å²) in [6.45, 7) is 7.62. The van der Waals surface area contributed by atoms with Gasteiger partial charge in [0.2, 0.25) is 0 Å². The van der Waals surface area contributed by atoms with E-state index in [0.717, 1.165) is 0 Å². The van der Waals surface area contributed by atoms with Crippen molar-refractivity contribution in [2.75, 3.05) is 26.7 Å². The van der Waals surface area contributed by atoms with Crippen molar-refractivity contribution < 1.29 is 43.0 Å². The number of hydrogen-bond donors (Lipinski definition) is 0. The summed E-state index contributed by atoms with van der Waals surface area (Å²) < 4.78 is 16.7. The Balaban J connectivity index is 1.84. The molecule has 2 unspecified atom stereocenters. The zero-order valence-corrected chi connectivity index (χ0v) is 19.9. The lowest BCUT2D eigenvalue weighted by Crippen LogP contribution is -2.53. The van der Waals surface area contributed by atoms with Crippen LogP contribution in [0.4, 0.5) is 0 Å². The van der Waals surface area contributed by atoms with Crippen molar-refractivity contribution in [2.45, 2.75) is 71.7 Å². The lowest BCUT2D eigenvalue weighted by Gasteiger charge is -2.44. The van der Waals surface area contributed by atoms with Crippen LogP contribution in [0.3, 0.4) is 0 Å². The Morgan fingerprint density at radius 3 is 2.21 bits per heavy atom. The number of esters is 2. The highest BCUT2D eigenvalue weighted by Gasteiger charge is 2.43. The largest absolute Gasteiger partial charge is 0.463 e. The summed E-state index contributed by atoms with van der Waals surface area (Å²) >= 11 is 0. The number of carbonyl (C=O) groups excluding carboxylic acids is 5. The predicted molar refractivity (Wildman–Crippen MR) is 113 cm³/mol. The summed E-state index contributed by atoms with van der Waals surface area (Å²) in [6.07, 6.45) is -0.470. The number of amides is 2. The van der Waals surface area contributed by atoms with Crippen LogP contribution in [0.2, 0.25) is 0 Å². The Kier molecular flexibility index (Phi) is 9.78. The van der Waals surface area contributed by atoms with Crippen molar-refractivity contribution in [1.82, 2.24) is 9.96 Å². The van der Waals surface area contributed by atoms with E-state index in [2.05, 4.69) is 0 Å². The van der Waals surface area contributed by atoms with Gasteiger partial charge in [0, 0.05) is 45.7 Å². The highest BCUT2D eigenvalue weighted by atomic mass is 16.7. The molecule has 2 amide bonds. The number of ether oxygens (including phenoxy) is 3. The third kappa shape index (κ3) is 7.78. The van der Waals surface area contributed by atoms with Crippen molar-refractivity contribution in [3.8, 4) is 0 Å². The Bertz CT molecular complexity index is 740. The van der Waals surface area contributed by atoms with Gasteiger partial charge in [-0.15, -0.1) is 5.06 Å². The van der Waals surface area contributed by atoms with Crippen LogP contribution in [0.1, 0.15) is 53.4 Å². The van der Waals surface area contributed by atoms with Crippen LogP contribution in [0, 0.1) is 11.8 Å². The molecule has 33 heavy (non-hydrogen) atoms. The van der Waals surface area contributed by atoms with Gasteiger partial charge in [-0.25, -0.2) is 4.79 Å². The van der Waals surface area contributed by atoms with Gasteiger partial charge < -0.3 is 23.9 Å². The fourth-order valence-corrected chi connectivity index (χ4v) is 3.99. The fraction of sp³-hybridized carbons (Fsp3) is 0.773. The molecule has 0 aliphatic carbocycles. The van der Waals surface area contributed by atoms with Crippen molar-refractivity contribution >= 4 is 29.7 Å². The molecule has 0 N–H and O–H groups in total. The average molecular weight is 471 g/mol. The molecule has 2 saturated heterocycles. The van der Waals surface area contributed by atoms with Crippen LogP contribution in [-0.2, 0) is 43.0 Å². The second-order valence-electron chi connectivity index (χ2n) is 8.69. The normalized spacial score (nSPS) is 27.6. The summed E-state index contributed by atoms with van der Waals surface area (Å²) in [5.41, 5.74) is 0. The first kappa shape index (κ1) is 26.7. The van der Waals surface area contributed by atoms with Crippen LogP contribution in [-0.4, -0.2) is 84.7 Å². The minimum Gasteiger partial charge on any atom is -0.463 e. The molecule has 186 valence electrons. The lowest BCUT2D eigenvalue weighted by atomic mass is 9.80. The predicted octanol–water partition coefficient (Wildman–Crippen LogP) is 0.840. The number of imide groups is 1. The minimum atomic E-state index is -0.646. The van der Waals surface area contributed by atoms with E-state index >= 15 is 0 Å². The standard InChI is InChI=1S/C22H34N2O9/c1-13-14(2)22(31-16(4)26)18(12-30-15(3)25)32-17(13)8-10-23(5)11-9-21(29)33-24-19(27)6-7-20(24)28/h13-14,17-18,22H,6-12H2,1-5H3/t13?,14-,17-,18?,22-/m1/s1. The first-order valence-electron chi connectivity index (χ1n) is 11.2. The molecule has 0 saturated carbocycles. The van der Waals surface area contributed by atoms with Crippen molar-refractivity contribution in [3.63, 3.8) is 0 Å². The lowest BCUT2D eigenvalue weighted by molar-refractivity contribution is -0.206. The van der Waals surface area contributed by atoms with Gasteiger partial charge in [0.25, 0.3) is 11.8 Å². The first-order chi connectivity index (χ1) is 15.5. The zero-order valence-electron chi connectivity index (χ0n) is 19.9. The smallest absolute Gasteiger partial charge is 0.334 e. The third-order valence-corrected chi connectivity index (χ3v) is 6.09. The monoisotopic (exact) mass is 470 g/mol. The van der Waals surface area contributed by atoms with Gasteiger partial charge in [-0.1, -0.05) is 13.8 Å². The minimum absolute atomic E-state index is 0.00351. The average Bonchev–Trinajstić information content (AvgIpc) is 3.05. The van der Waals surface area contributed by atoms with Crippen LogP contribution >= 0.6 is 0 Å². The molecular weight excluding hydrogens is 436 g/mol. The van der Waals surface area contributed by atoms with Gasteiger partial charge in [0.1, 0.15) is 18.8 Å². The molecule has 0 aromatic carbocycles. The molecule has 0 aromatic heterocycles. The molecule has 0 bridgehead atoms. The first-order valence-corrected chi connectivity index (χ1v) is 11.2. The molecule has 2 aliphatic rings. The number of rotatable bonds is 10. The number of carbonyl (C=O) groups is 5. The van der Waals surface area contributed by atoms with Gasteiger partial charge in [-0.05, 0) is 19.4 Å². The van der Waals surface area contributed by atoms with Crippen molar-refractivity contribution in [2.24, 2.45) is 11.8 Å². The third-order valence-electron chi connectivity index (χ3n) is 6.09. The zero-order chi connectivity index (χ0) is 24.7. The van der Waals surface area contributed by atoms with E-state index in [1.54, 1.807) is 0 Å². The highest BCUT2D eigenvalue weighted by molar-refractivity contribution is 6.01. The maximum atomic E-state index is 12.0. The maximum Gasteiger partial charge on any atom is 0.334 e. The highest BCUT2D eigenvalue weighted by Crippen LogP contribution is 2.34. The summed E-state index contributed by atoms with van der Waals surface area (Å²) in [4.78, 5) is 64.7. The van der Waals surface area contributed by atoms with E-state index in [0.29, 0.717) is 24.6 Å². The van der Waals surface area contributed by atoms with E-state index in [-0.39, 0.29) is 43.8 Å². The Morgan fingerprint density at radius 2 is 1.64 bits per heavy atom. The summed E-state index contributed by atoms with van der Waals surface area (Å²) in [5, 5.41) is 0.546. The van der Waals surface area contributed by atoms with E-state index in [1.165, 1.54) is 13.8 Å². The second kappa shape index (κ2) is 12.1. The van der Waals surface area contributed by atoms with E-state index in [1.807, 2.05) is 25.8 Å². The fourth-order valence-electron chi connectivity index (χ4n) is 3.99. The van der Waals surface area contributed by atoms with Crippen LogP contribution < -0.4 is 0 Å². The molecule has 5 atom stereocenters. The molecule has 2 aliphatic heterocycles. The summed E-state index contributed by atoms with van der Waals surface area (Å²) in [6, 6.07) is 0. The molecule has 2 heterocycles. The molecular formula is C22H34N2O9. The topological polar surface area (TPSA) is 129 Å². The molecule has 0 aromatic rings. The molecule has 2 fully saturated rings. The second-order valence-corrected chi connectivity index (χ2v) is 8.69. The number of nitrogens with zero attached hydrogens (tertiary/aromatic N) is 2. The van der Waals surface area contributed by atoms with Crippen molar-refractivity contribution in [3.05, 3.63) is 0 Å². The Labute approximate surface area is 193 Å². The van der Waals surface area contributed by atoms with Gasteiger partial charge in [-0.3, -0.25) is 19.2 Å².